The van der Waals surface area contributed by atoms with Crippen LogP contribution in [0.5, 0.6) is 11.5 Å². The van der Waals surface area contributed by atoms with Crippen molar-refractivity contribution in [2.75, 3.05) is 14.2 Å². The Balaban J connectivity index is 1.84. The molecular weight excluding hydrogens is 643 g/mol. The fraction of sp³-hybridized carbons (Fsp3) is 0.340. The minimum Gasteiger partial charge on any atom is -0.496 e. The van der Waals surface area contributed by atoms with Crippen LogP contribution >= 0.6 is 7.92 Å². The maximum atomic E-state index is 14.1. The largest absolute Gasteiger partial charge is 0.496 e. The lowest BCUT2D eigenvalue weighted by atomic mass is 9.83. The molecule has 1 fully saturated rings. The minimum atomic E-state index is -1.09. The molecule has 0 bridgehead atoms. The van der Waals surface area contributed by atoms with Crippen LogP contribution in [0.15, 0.2) is 66.7 Å². The summed E-state index contributed by atoms with van der Waals surface area (Å²) in [6.07, 6.45) is 0.943. The van der Waals surface area contributed by atoms with E-state index >= 15 is 0 Å². The zero-order valence-electron chi connectivity index (χ0n) is 32.6. The van der Waals surface area contributed by atoms with Gasteiger partial charge in [-0.15, -0.1) is 0 Å². The highest BCUT2D eigenvalue weighted by atomic mass is 31.1. The molecule has 1 aliphatic rings. The van der Waals surface area contributed by atoms with Crippen molar-refractivity contribution in [3.05, 3.63) is 133 Å². The van der Waals surface area contributed by atoms with Crippen LogP contribution in [0.25, 0.3) is 22.3 Å². The summed E-state index contributed by atoms with van der Waals surface area (Å²) in [6.45, 7) is 22.8. The molecular formula is C47H53O3P. The second-order valence-electron chi connectivity index (χ2n) is 14.6. The molecule has 0 spiro atoms. The van der Waals surface area contributed by atoms with Gasteiger partial charge < -0.3 is 9.47 Å². The van der Waals surface area contributed by atoms with E-state index < -0.39 is 7.92 Å². The summed E-state index contributed by atoms with van der Waals surface area (Å²) in [5, 5.41) is 1.37. The lowest BCUT2D eigenvalue weighted by molar-refractivity contribution is -0.119. The molecule has 264 valence electrons. The normalized spacial score (nSPS) is 17.5. The second-order valence-corrected chi connectivity index (χ2v) is 17.1. The van der Waals surface area contributed by atoms with Crippen LogP contribution < -0.4 is 14.8 Å². The topological polar surface area (TPSA) is 35.5 Å². The molecule has 5 aromatic rings. The third-order valence-corrected chi connectivity index (χ3v) is 15.6. The van der Waals surface area contributed by atoms with Crippen molar-refractivity contribution in [3.8, 4) is 33.8 Å². The molecule has 2 unspecified atom stereocenters. The second kappa shape index (κ2) is 14.4. The van der Waals surface area contributed by atoms with Crippen LogP contribution in [0.3, 0.4) is 0 Å². The summed E-state index contributed by atoms with van der Waals surface area (Å²) in [5.41, 5.74) is 20.7. The molecule has 0 amide bonds. The molecule has 0 aliphatic carbocycles. The van der Waals surface area contributed by atoms with Gasteiger partial charge in [0.25, 0.3) is 0 Å². The fourth-order valence-corrected chi connectivity index (χ4v) is 12.5. The summed E-state index contributed by atoms with van der Waals surface area (Å²) in [4.78, 5) is 14.1. The number of benzene rings is 5. The Morgan fingerprint density at radius 3 is 1.16 bits per heavy atom. The van der Waals surface area contributed by atoms with Gasteiger partial charge >= 0.3 is 0 Å². The zero-order valence-corrected chi connectivity index (χ0v) is 33.5. The molecule has 4 heteroatoms. The molecule has 51 heavy (non-hydrogen) atoms. The molecule has 5 aromatic carbocycles. The predicted octanol–water partition coefficient (Wildman–Crippen LogP) is 12.1. The van der Waals surface area contributed by atoms with E-state index in [1.54, 1.807) is 14.2 Å². The monoisotopic (exact) mass is 696 g/mol. The highest BCUT2D eigenvalue weighted by molar-refractivity contribution is 7.67. The van der Waals surface area contributed by atoms with E-state index in [4.69, 9.17) is 9.47 Å². The molecule has 0 radical (unpaired) electrons. The number of Topliss-reactive ketones (excluding diaryl/α,β-unsaturated/α-hetero) is 1. The number of carbonyl (C=O) groups excluding carboxylic acids is 1. The van der Waals surface area contributed by atoms with Crippen LogP contribution in [0.1, 0.15) is 90.9 Å². The number of para-hydroxylation sites is 2. The molecule has 6 rings (SSSR count). The summed E-state index contributed by atoms with van der Waals surface area (Å²) in [7, 11) is 2.41. The lowest BCUT2D eigenvalue weighted by Crippen LogP contribution is -2.27. The summed E-state index contributed by atoms with van der Waals surface area (Å²) in [5.74, 6) is 1.96. The van der Waals surface area contributed by atoms with Gasteiger partial charge in [0.15, 0.2) is 0 Å². The van der Waals surface area contributed by atoms with Crippen molar-refractivity contribution in [3.63, 3.8) is 0 Å². The zero-order chi connectivity index (χ0) is 36.9. The Bertz CT molecular complexity index is 1970. The Morgan fingerprint density at radius 1 is 0.471 bits per heavy atom. The van der Waals surface area contributed by atoms with Crippen LogP contribution in [-0.4, -0.2) is 20.0 Å². The van der Waals surface area contributed by atoms with E-state index in [0.717, 1.165) is 22.6 Å². The van der Waals surface area contributed by atoms with Gasteiger partial charge in [-0.05, 0) is 165 Å². The van der Waals surface area contributed by atoms with Gasteiger partial charge in [-0.3, -0.25) is 4.79 Å². The minimum absolute atomic E-state index is 0.0614. The number of carbonyl (C=O) groups is 1. The molecule has 0 aromatic heterocycles. The average Bonchev–Trinajstić information content (AvgIpc) is 3.14. The van der Waals surface area contributed by atoms with Crippen molar-refractivity contribution >= 4 is 19.0 Å². The maximum Gasteiger partial charge on any atom is 0.134 e. The summed E-state index contributed by atoms with van der Waals surface area (Å²) >= 11 is 0. The standard InChI is InChI=1S/C47H53O3P/c1-26-28(3)32(7)45(33(8)29(26)4)39-20-17-21-40(46-34(9)30(5)27(2)31(6)35(46)10)47(39)51-43(37-18-13-15-22-41(37)49-11)24-36(48)25-44(51)38-19-14-16-23-42(38)50-12/h13-23,43-44H,24-25H2,1-12H3. The third kappa shape index (κ3) is 6.12. The first kappa shape index (κ1) is 36.6. The van der Waals surface area contributed by atoms with E-state index in [-0.39, 0.29) is 17.1 Å². The molecule has 1 saturated heterocycles. The van der Waals surface area contributed by atoms with Gasteiger partial charge in [0.1, 0.15) is 17.3 Å². The summed E-state index contributed by atoms with van der Waals surface area (Å²) in [6, 6.07) is 23.7. The number of rotatable bonds is 7. The molecule has 3 nitrogen and oxygen atoms in total. The SMILES string of the molecule is COc1ccccc1C1CC(=O)CC(c2ccccc2OC)P1c1c(-c2c(C)c(C)c(C)c(C)c2C)cccc1-c1c(C)c(C)c(C)c(C)c1C. The quantitative estimate of drug-likeness (QED) is 0.159. The van der Waals surface area contributed by atoms with Gasteiger partial charge in [-0.2, -0.15) is 0 Å². The van der Waals surface area contributed by atoms with Gasteiger partial charge in [0.2, 0.25) is 0 Å². The molecule has 1 aliphatic heterocycles. The highest BCUT2D eigenvalue weighted by Gasteiger charge is 2.44. The molecule has 0 N–H and O–H groups in total. The van der Waals surface area contributed by atoms with Crippen molar-refractivity contribution in [1.29, 1.82) is 0 Å². The number of methoxy groups -OCH3 is 2. The maximum absolute atomic E-state index is 14.1. The first-order valence-electron chi connectivity index (χ1n) is 18.2. The highest BCUT2D eigenvalue weighted by Crippen LogP contribution is 2.69. The Labute approximate surface area is 307 Å². The van der Waals surface area contributed by atoms with E-state index in [1.165, 1.54) is 83.2 Å². The van der Waals surface area contributed by atoms with Crippen molar-refractivity contribution < 1.29 is 14.3 Å². The molecule has 0 saturated carbocycles. The van der Waals surface area contributed by atoms with E-state index in [1.807, 2.05) is 12.1 Å². The number of ketones is 1. The van der Waals surface area contributed by atoms with Crippen molar-refractivity contribution in [1.82, 2.24) is 0 Å². The van der Waals surface area contributed by atoms with E-state index in [2.05, 4.69) is 124 Å². The van der Waals surface area contributed by atoms with Crippen LogP contribution in [0.2, 0.25) is 0 Å². The fourth-order valence-electron chi connectivity index (χ4n) is 8.68. The van der Waals surface area contributed by atoms with Crippen LogP contribution in [0, 0.1) is 69.2 Å². The van der Waals surface area contributed by atoms with Gasteiger partial charge in [-0.25, -0.2) is 0 Å². The van der Waals surface area contributed by atoms with Crippen LogP contribution in [-0.2, 0) is 4.79 Å². The third-order valence-electron chi connectivity index (χ3n) is 12.3. The van der Waals surface area contributed by atoms with E-state index in [9.17, 15) is 4.79 Å². The van der Waals surface area contributed by atoms with Crippen LogP contribution in [0.4, 0.5) is 0 Å². The first-order valence-corrected chi connectivity index (χ1v) is 19.6. The molecule has 2 atom stereocenters. The number of hydrogen-bond donors (Lipinski definition) is 0. The van der Waals surface area contributed by atoms with E-state index in [0.29, 0.717) is 12.8 Å². The smallest absolute Gasteiger partial charge is 0.134 e. The van der Waals surface area contributed by atoms with Gasteiger partial charge in [0, 0.05) is 35.3 Å². The number of hydrogen-bond acceptors (Lipinski definition) is 3. The number of ether oxygens (including phenoxy) is 2. The Kier molecular flexibility index (Phi) is 10.4. The lowest BCUT2D eigenvalue weighted by Gasteiger charge is -2.42. The van der Waals surface area contributed by atoms with Crippen molar-refractivity contribution in [2.45, 2.75) is 93.4 Å². The summed E-state index contributed by atoms with van der Waals surface area (Å²) < 4.78 is 12.1. The van der Waals surface area contributed by atoms with Gasteiger partial charge in [-0.1, -0.05) is 62.5 Å². The van der Waals surface area contributed by atoms with Gasteiger partial charge in [0.05, 0.1) is 14.2 Å². The van der Waals surface area contributed by atoms with Crippen molar-refractivity contribution in [2.24, 2.45) is 0 Å². The average molecular weight is 697 g/mol. The molecule has 1 heterocycles. The Hall–Kier alpha value is -4.20. The first-order chi connectivity index (χ1) is 24.3. The predicted molar refractivity (Wildman–Crippen MR) is 217 cm³/mol. The Morgan fingerprint density at radius 2 is 0.804 bits per heavy atom.